The van der Waals surface area contributed by atoms with Gasteiger partial charge in [0.05, 0.1) is 25.6 Å². The molecule has 3 rings (SSSR count). The zero-order valence-electron chi connectivity index (χ0n) is 12.6. The summed E-state index contributed by atoms with van der Waals surface area (Å²) in [5, 5.41) is 4.34. The molecule has 1 aromatic carbocycles. The molecule has 2 heterocycles. The summed E-state index contributed by atoms with van der Waals surface area (Å²) in [6, 6.07) is 8.93. The fraction of sp³-hybridized carbons (Fsp3) is 0.188. The summed E-state index contributed by atoms with van der Waals surface area (Å²) in [5.41, 5.74) is 2.08. The number of hydrogen-bond acceptors (Lipinski definition) is 5. The quantitative estimate of drug-likeness (QED) is 0.687. The zero-order valence-corrected chi connectivity index (χ0v) is 13.4. The standard InChI is InChI=1S/C16H14ClN3O3/c1-3-23-16(21)11-8-14(17)19-20-9-12(18-15(11)20)10-6-4-5-7-13(10)22-2/h4-9H,3H2,1-2H3. The number of ether oxygens (including phenoxy) is 2. The molecule has 0 aliphatic carbocycles. The Balaban J connectivity index is 2.19. The van der Waals surface area contributed by atoms with Crippen LogP contribution in [-0.2, 0) is 4.74 Å². The van der Waals surface area contributed by atoms with Crippen molar-refractivity contribution >= 4 is 23.2 Å². The minimum atomic E-state index is -0.487. The molecule has 0 aliphatic rings. The van der Waals surface area contributed by atoms with Gasteiger partial charge in [-0.3, -0.25) is 0 Å². The van der Waals surface area contributed by atoms with Gasteiger partial charge in [0.15, 0.2) is 10.8 Å². The van der Waals surface area contributed by atoms with Crippen LogP contribution in [0.4, 0.5) is 0 Å². The Morgan fingerprint density at radius 3 is 2.87 bits per heavy atom. The number of fused-ring (bicyclic) bond motifs is 1. The number of aromatic nitrogens is 3. The molecule has 0 bridgehead atoms. The maximum Gasteiger partial charge on any atom is 0.342 e. The van der Waals surface area contributed by atoms with Gasteiger partial charge in [0.1, 0.15) is 11.3 Å². The largest absolute Gasteiger partial charge is 0.496 e. The zero-order chi connectivity index (χ0) is 16.4. The third kappa shape index (κ3) is 2.85. The number of benzene rings is 1. The maximum atomic E-state index is 12.1. The van der Waals surface area contributed by atoms with Crippen LogP contribution in [0.25, 0.3) is 16.9 Å². The lowest BCUT2D eigenvalue weighted by molar-refractivity contribution is 0.0527. The molecular weight excluding hydrogens is 318 g/mol. The monoisotopic (exact) mass is 331 g/mol. The Kier molecular flexibility index (Phi) is 4.16. The van der Waals surface area contributed by atoms with E-state index in [4.69, 9.17) is 21.1 Å². The van der Waals surface area contributed by atoms with E-state index < -0.39 is 5.97 Å². The molecule has 118 valence electrons. The number of halogens is 1. The SMILES string of the molecule is CCOC(=O)c1cc(Cl)nn2cc(-c3ccccc3OC)nc12. The van der Waals surface area contributed by atoms with Crippen LogP contribution in [0.1, 0.15) is 17.3 Å². The van der Waals surface area contributed by atoms with Crippen LogP contribution < -0.4 is 4.74 Å². The molecule has 23 heavy (non-hydrogen) atoms. The van der Waals surface area contributed by atoms with Crippen LogP contribution in [0.3, 0.4) is 0 Å². The second kappa shape index (κ2) is 6.26. The number of carbonyl (C=O) groups is 1. The van der Waals surface area contributed by atoms with Gasteiger partial charge >= 0.3 is 5.97 Å². The molecular formula is C16H14ClN3O3. The number of para-hydroxylation sites is 1. The fourth-order valence-corrected chi connectivity index (χ4v) is 2.48. The van der Waals surface area contributed by atoms with Crippen molar-refractivity contribution in [2.45, 2.75) is 6.92 Å². The Morgan fingerprint density at radius 1 is 1.35 bits per heavy atom. The molecule has 0 unspecified atom stereocenters. The van der Waals surface area contributed by atoms with E-state index >= 15 is 0 Å². The van der Waals surface area contributed by atoms with Crippen LogP contribution >= 0.6 is 11.6 Å². The number of hydrogen-bond donors (Lipinski definition) is 0. The first-order chi connectivity index (χ1) is 11.1. The van der Waals surface area contributed by atoms with Gasteiger partial charge in [0.2, 0.25) is 0 Å². The van der Waals surface area contributed by atoms with Gasteiger partial charge in [-0.05, 0) is 25.1 Å². The Hall–Kier alpha value is -2.60. The van der Waals surface area contributed by atoms with E-state index in [-0.39, 0.29) is 17.3 Å². The van der Waals surface area contributed by atoms with E-state index in [2.05, 4.69) is 10.1 Å². The molecule has 2 aromatic heterocycles. The predicted molar refractivity (Wildman–Crippen MR) is 85.9 cm³/mol. The third-order valence-electron chi connectivity index (χ3n) is 3.27. The Labute approximate surface area is 137 Å². The summed E-state index contributed by atoms with van der Waals surface area (Å²) >= 11 is 5.99. The number of carbonyl (C=O) groups excluding carboxylic acids is 1. The highest BCUT2D eigenvalue weighted by Gasteiger charge is 2.18. The van der Waals surface area contributed by atoms with E-state index in [1.165, 1.54) is 10.6 Å². The summed E-state index contributed by atoms with van der Waals surface area (Å²) < 4.78 is 11.9. The van der Waals surface area contributed by atoms with E-state index in [0.29, 0.717) is 17.1 Å². The molecule has 0 amide bonds. The van der Waals surface area contributed by atoms with Crippen molar-refractivity contribution in [2.24, 2.45) is 0 Å². The maximum absolute atomic E-state index is 12.1. The van der Waals surface area contributed by atoms with Gasteiger partial charge in [0, 0.05) is 5.56 Å². The minimum absolute atomic E-state index is 0.185. The Morgan fingerprint density at radius 2 is 2.13 bits per heavy atom. The van der Waals surface area contributed by atoms with Crippen molar-refractivity contribution in [2.75, 3.05) is 13.7 Å². The number of methoxy groups -OCH3 is 1. The fourth-order valence-electron chi connectivity index (χ4n) is 2.29. The highest BCUT2D eigenvalue weighted by Crippen LogP contribution is 2.29. The molecule has 3 aromatic rings. The van der Waals surface area contributed by atoms with Crippen LogP contribution in [0, 0.1) is 0 Å². The highest BCUT2D eigenvalue weighted by atomic mass is 35.5. The summed E-state index contributed by atoms with van der Waals surface area (Å²) in [5.74, 6) is 0.193. The Bertz CT molecular complexity index is 876. The van der Waals surface area contributed by atoms with E-state index in [0.717, 1.165) is 5.56 Å². The van der Waals surface area contributed by atoms with Crippen molar-refractivity contribution in [1.29, 1.82) is 0 Å². The van der Waals surface area contributed by atoms with Crippen LogP contribution in [0.15, 0.2) is 36.5 Å². The average molecular weight is 332 g/mol. The first-order valence-corrected chi connectivity index (χ1v) is 7.38. The van der Waals surface area contributed by atoms with Crippen molar-refractivity contribution in [3.8, 4) is 17.0 Å². The molecule has 0 saturated carbocycles. The minimum Gasteiger partial charge on any atom is -0.496 e. The molecule has 0 atom stereocenters. The predicted octanol–water partition coefficient (Wildman–Crippen LogP) is 3.24. The van der Waals surface area contributed by atoms with Gasteiger partial charge in [-0.1, -0.05) is 23.7 Å². The lowest BCUT2D eigenvalue weighted by atomic mass is 10.1. The smallest absolute Gasteiger partial charge is 0.342 e. The molecule has 6 nitrogen and oxygen atoms in total. The molecule has 0 saturated heterocycles. The van der Waals surface area contributed by atoms with Gasteiger partial charge in [-0.2, -0.15) is 5.10 Å². The number of esters is 1. The van der Waals surface area contributed by atoms with Crippen LogP contribution in [0.2, 0.25) is 5.15 Å². The van der Waals surface area contributed by atoms with E-state index in [1.54, 1.807) is 20.2 Å². The summed E-state index contributed by atoms with van der Waals surface area (Å²) in [6.45, 7) is 2.01. The van der Waals surface area contributed by atoms with Gasteiger partial charge in [-0.25, -0.2) is 14.3 Å². The number of imidazole rings is 1. The van der Waals surface area contributed by atoms with Crippen LogP contribution in [0.5, 0.6) is 5.75 Å². The van der Waals surface area contributed by atoms with Crippen LogP contribution in [-0.4, -0.2) is 34.3 Å². The van der Waals surface area contributed by atoms with Crippen molar-refractivity contribution < 1.29 is 14.3 Å². The molecule has 0 N–H and O–H groups in total. The number of nitrogens with zero attached hydrogens (tertiary/aromatic N) is 3. The molecule has 0 spiro atoms. The van der Waals surface area contributed by atoms with Crippen molar-refractivity contribution in [3.63, 3.8) is 0 Å². The van der Waals surface area contributed by atoms with E-state index in [1.807, 2.05) is 24.3 Å². The lowest BCUT2D eigenvalue weighted by Crippen LogP contribution is -2.08. The molecule has 0 fully saturated rings. The summed E-state index contributed by atoms with van der Waals surface area (Å²) in [4.78, 5) is 16.6. The summed E-state index contributed by atoms with van der Waals surface area (Å²) in [7, 11) is 1.59. The molecule has 0 radical (unpaired) electrons. The highest BCUT2D eigenvalue weighted by molar-refractivity contribution is 6.29. The lowest BCUT2D eigenvalue weighted by Gasteiger charge is -2.04. The second-order valence-corrected chi connectivity index (χ2v) is 5.08. The van der Waals surface area contributed by atoms with Gasteiger partial charge in [-0.15, -0.1) is 0 Å². The number of rotatable bonds is 4. The van der Waals surface area contributed by atoms with Crippen molar-refractivity contribution in [1.82, 2.24) is 14.6 Å². The summed E-state index contributed by atoms with van der Waals surface area (Å²) in [6.07, 6.45) is 1.70. The van der Waals surface area contributed by atoms with Crippen molar-refractivity contribution in [3.05, 3.63) is 47.2 Å². The average Bonchev–Trinajstić information content (AvgIpc) is 2.97. The third-order valence-corrected chi connectivity index (χ3v) is 3.46. The van der Waals surface area contributed by atoms with Gasteiger partial charge in [0.25, 0.3) is 0 Å². The van der Waals surface area contributed by atoms with Gasteiger partial charge < -0.3 is 9.47 Å². The van der Waals surface area contributed by atoms with E-state index in [9.17, 15) is 4.79 Å². The first kappa shape index (κ1) is 15.3. The normalized spacial score (nSPS) is 10.7. The first-order valence-electron chi connectivity index (χ1n) is 7.00. The second-order valence-electron chi connectivity index (χ2n) is 4.70. The molecule has 0 aliphatic heterocycles. The molecule has 7 heteroatoms. The topological polar surface area (TPSA) is 65.7 Å².